The highest BCUT2D eigenvalue weighted by Gasteiger charge is 2.21. The second-order valence-electron chi connectivity index (χ2n) is 4.69. The molecule has 1 aromatic carbocycles. The molecule has 0 saturated heterocycles. The maximum absolute atomic E-state index is 11.6. The van der Waals surface area contributed by atoms with Crippen LogP contribution in [0.1, 0.15) is 19.4 Å². The molecule has 0 aliphatic rings. The van der Waals surface area contributed by atoms with Gasteiger partial charge in [0, 0.05) is 6.54 Å². The van der Waals surface area contributed by atoms with Gasteiger partial charge in [-0.15, -0.1) is 0 Å². The number of nitrogens with two attached hydrogens (primary N) is 1. The van der Waals surface area contributed by atoms with Crippen LogP contribution in [0.15, 0.2) is 24.3 Å². The smallest absolute Gasteiger partial charge is 0.155 e. The Bertz CT molecular complexity index is 482. The summed E-state index contributed by atoms with van der Waals surface area (Å²) in [6, 6.07) is 7.14. The van der Waals surface area contributed by atoms with Gasteiger partial charge in [0.25, 0.3) is 0 Å². The lowest BCUT2D eigenvalue weighted by atomic mass is 10.2. The van der Waals surface area contributed by atoms with E-state index in [9.17, 15) is 13.5 Å². The van der Waals surface area contributed by atoms with Crippen LogP contribution in [0.2, 0.25) is 0 Å². The van der Waals surface area contributed by atoms with Crippen molar-refractivity contribution >= 4 is 9.84 Å². The first-order chi connectivity index (χ1) is 8.85. The van der Waals surface area contributed by atoms with Crippen LogP contribution in [0.3, 0.4) is 0 Å². The van der Waals surface area contributed by atoms with E-state index in [1.54, 1.807) is 26.0 Å². The molecule has 0 bridgehead atoms. The lowest BCUT2D eigenvalue weighted by Gasteiger charge is -2.14. The highest BCUT2D eigenvalue weighted by atomic mass is 32.2. The second-order valence-corrected chi connectivity index (χ2v) is 7.29. The molecule has 0 heterocycles. The molecule has 1 unspecified atom stereocenters. The molecule has 0 fully saturated rings. The van der Waals surface area contributed by atoms with Gasteiger partial charge in [0.2, 0.25) is 0 Å². The molecule has 3 N–H and O–H groups in total. The normalized spacial score (nSPS) is 13.5. The molecule has 1 atom stereocenters. The summed E-state index contributed by atoms with van der Waals surface area (Å²) >= 11 is 0. The number of hydrogen-bond acceptors (Lipinski definition) is 5. The minimum atomic E-state index is -3.26. The summed E-state index contributed by atoms with van der Waals surface area (Å²) in [6.45, 7) is 3.59. The molecule has 0 aromatic heterocycles. The quantitative estimate of drug-likeness (QED) is 0.771. The molecule has 6 heteroatoms. The molecule has 19 heavy (non-hydrogen) atoms. The van der Waals surface area contributed by atoms with E-state index in [0.717, 1.165) is 5.56 Å². The Kier molecular flexibility index (Phi) is 5.78. The van der Waals surface area contributed by atoms with E-state index in [2.05, 4.69) is 0 Å². The van der Waals surface area contributed by atoms with E-state index in [1.165, 1.54) is 0 Å². The fraction of sp³-hybridized carbons (Fsp3) is 0.538. The van der Waals surface area contributed by atoms with Crippen molar-refractivity contribution in [3.05, 3.63) is 29.8 Å². The number of aliphatic hydroxyl groups excluding tert-OH is 1. The standard InChI is InChI=1S/C13H21NO4S/c1-10(2)19(16,17)9-12(15)8-18-13-5-3-11(7-14)4-6-13/h3-6,10,12,15H,7-9,14H2,1-2H3. The number of sulfone groups is 1. The minimum absolute atomic E-state index is 0.0477. The van der Waals surface area contributed by atoms with Crippen LogP contribution in [-0.2, 0) is 16.4 Å². The number of rotatable bonds is 7. The van der Waals surface area contributed by atoms with Gasteiger partial charge in [0.15, 0.2) is 9.84 Å². The van der Waals surface area contributed by atoms with Crippen LogP contribution >= 0.6 is 0 Å². The zero-order valence-electron chi connectivity index (χ0n) is 11.2. The maximum Gasteiger partial charge on any atom is 0.155 e. The molecule has 0 spiro atoms. The third kappa shape index (κ3) is 5.18. The Balaban J connectivity index is 2.47. The fourth-order valence-corrected chi connectivity index (χ4v) is 2.44. The first-order valence-electron chi connectivity index (χ1n) is 6.16. The summed E-state index contributed by atoms with van der Waals surface area (Å²) in [5.41, 5.74) is 6.45. The van der Waals surface area contributed by atoms with Gasteiger partial charge >= 0.3 is 0 Å². The van der Waals surface area contributed by atoms with E-state index >= 15 is 0 Å². The fourth-order valence-electron chi connectivity index (χ4n) is 1.42. The van der Waals surface area contributed by atoms with Crippen molar-refractivity contribution in [2.45, 2.75) is 31.7 Å². The van der Waals surface area contributed by atoms with Crippen molar-refractivity contribution in [2.24, 2.45) is 5.73 Å². The van der Waals surface area contributed by atoms with Gasteiger partial charge in [0.1, 0.15) is 18.5 Å². The van der Waals surface area contributed by atoms with Crippen LogP contribution in [0.25, 0.3) is 0 Å². The first-order valence-corrected chi connectivity index (χ1v) is 7.88. The van der Waals surface area contributed by atoms with Gasteiger partial charge in [-0.3, -0.25) is 0 Å². The van der Waals surface area contributed by atoms with Crippen LogP contribution in [0, 0.1) is 0 Å². The lowest BCUT2D eigenvalue weighted by Crippen LogP contribution is -2.30. The number of aliphatic hydroxyl groups is 1. The number of hydrogen-bond donors (Lipinski definition) is 2. The second kappa shape index (κ2) is 6.88. The van der Waals surface area contributed by atoms with Crippen molar-refractivity contribution in [3.63, 3.8) is 0 Å². The minimum Gasteiger partial charge on any atom is -0.491 e. The van der Waals surface area contributed by atoms with Crippen LogP contribution in [0.5, 0.6) is 5.75 Å². The molecule has 5 nitrogen and oxygen atoms in total. The Morgan fingerprint density at radius 2 is 1.84 bits per heavy atom. The maximum atomic E-state index is 11.6. The highest BCUT2D eigenvalue weighted by Crippen LogP contribution is 2.12. The Labute approximate surface area is 114 Å². The van der Waals surface area contributed by atoms with Gasteiger partial charge < -0.3 is 15.6 Å². The van der Waals surface area contributed by atoms with Gasteiger partial charge in [-0.2, -0.15) is 0 Å². The SMILES string of the molecule is CC(C)S(=O)(=O)CC(O)COc1ccc(CN)cc1. The molecule has 1 aromatic rings. The summed E-state index contributed by atoms with van der Waals surface area (Å²) in [5, 5.41) is 9.18. The van der Waals surface area contributed by atoms with Gasteiger partial charge in [-0.25, -0.2) is 8.42 Å². The van der Waals surface area contributed by atoms with Crippen LogP contribution in [0.4, 0.5) is 0 Å². The Hall–Kier alpha value is -1.11. The summed E-state index contributed by atoms with van der Waals surface area (Å²) < 4.78 is 28.5. The summed E-state index contributed by atoms with van der Waals surface area (Å²) in [7, 11) is -3.26. The molecular weight excluding hydrogens is 266 g/mol. The van der Waals surface area contributed by atoms with Gasteiger partial charge in [-0.05, 0) is 31.5 Å². The van der Waals surface area contributed by atoms with Crippen molar-refractivity contribution in [2.75, 3.05) is 12.4 Å². The van der Waals surface area contributed by atoms with Crippen molar-refractivity contribution < 1.29 is 18.3 Å². The Morgan fingerprint density at radius 3 is 2.32 bits per heavy atom. The molecule has 0 aliphatic carbocycles. The molecular formula is C13H21NO4S. The van der Waals surface area contributed by atoms with Gasteiger partial charge in [0.05, 0.1) is 11.0 Å². The average Bonchev–Trinajstić information content (AvgIpc) is 2.36. The molecule has 1 rings (SSSR count). The molecule has 108 valence electrons. The zero-order chi connectivity index (χ0) is 14.5. The third-order valence-electron chi connectivity index (χ3n) is 2.74. The van der Waals surface area contributed by atoms with Gasteiger partial charge in [-0.1, -0.05) is 12.1 Å². The van der Waals surface area contributed by atoms with Crippen LogP contribution < -0.4 is 10.5 Å². The summed E-state index contributed by atoms with van der Waals surface area (Å²) in [5.74, 6) is 0.296. The average molecular weight is 287 g/mol. The Morgan fingerprint density at radius 1 is 1.26 bits per heavy atom. The predicted molar refractivity (Wildman–Crippen MR) is 74.8 cm³/mol. The largest absolute Gasteiger partial charge is 0.491 e. The van der Waals surface area contributed by atoms with E-state index in [4.69, 9.17) is 10.5 Å². The van der Waals surface area contributed by atoms with E-state index in [1.807, 2.05) is 12.1 Å². The van der Waals surface area contributed by atoms with Crippen molar-refractivity contribution in [3.8, 4) is 5.75 Å². The molecule has 0 aliphatic heterocycles. The predicted octanol–water partition coefficient (Wildman–Crippen LogP) is 0.708. The van der Waals surface area contributed by atoms with Crippen LogP contribution in [-0.4, -0.2) is 37.2 Å². The van der Waals surface area contributed by atoms with E-state index < -0.39 is 21.2 Å². The molecule has 0 amide bonds. The number of ether oxygens (including phenoxy) is 1. The lowest BCUT2D eigenvalue weighted by molar-refractivity contribution is 0.124. The molecule has 0 saturated carbocycles. The topological polar surface area (TPSA) is 89.6 Å². The first kappa shape index (κ1) is 15.9. The summed E-state index contributed by atoms with van der Waals surface area (Å²) in [6.07, 6.45) is -1.03. The van der Waals surface area contributed by atoms with Crippen molar-refractivity contribution in [1.82, 2.24) is 0 Å². The van der Waals surface area contributed by atoms with Crippen molar-refractivity contribution in [1.29, 1.82) is 0 Å². The number of benzene rings is 1. The zero-order valence-corrected chi connectivity index (χ0v) is 12.1. The van der Waals surface area contributed by atoms with E-state index in [-0.39, 0.29) is 12.4 Å². The molecule has 0 radical (unpaired) electrons. The van der Waals surface area contributed by atoms with E-state index in [0.29, 0.717) is 12.3 Å². The third-order valence-corrected chi connectivity index (χ3v) is 5.03. The summed E-state index contributed by atoms with van der Waals surface area (Å²) in [4.78, 5) is 0. The monoisotopic (exact) mass is 287 g/mol. The highest BCUT2D eigenvalue weighted by molar-refractivity contribution is 7.92.